The van der Waals surface area contributed by atoms with Gasteiger partial charge in [-0.05, 0) is 59.6 Å². The lowest BCUT2D eigenvalue weighted by molar-refractivity contribution is -0.122. The van der Waals surface area contributed by atoms with Gasteiger partial charge in [0.15, 0.2) is 0 Å². The molecule has 0 aliphatic carbocycles. The summed E-state index contributed by atoms with van der Waals surface area (Å²) >= 11 is 9.37. The molecule has 0 aromatic heterocycles. The topological polar surface area (TPSA) is 49.4 Å². The number of hydrogen-bond donors (Lipinski definition) is 1. The van der Waals surface area contributed by atoms with Crippen LogP contribution in [0.25, 0.3) is 0 Å². The summed E-state index contributed by atoms with van der Waals surface area (Å²) in [6, 6.07) is 11.2. The summed E-state index contributed by atoms with van der Waals surface area (Å²) in [4.78, 5) is 26.6. The molecule has 1 aliphatic rings. The fourth-order valence-corrected chi connectivity index (χ4v) is 3.47. The number of hydrogen-bond acceptors (Lipinski definition) is 2. The maximum Gasteiger partial charge on any atom is 0.229 e. The zero-order valence-corrected chi connectivity index (χ0v) is 16.3. The van der Waals surface area contributed by atoms with Gasteiger partial charge in [0.2, 0.25) is 11.8 Å². The number of nitrogens with one attached hydrogen (secondary N) is 1. The van der Waals surface area contributed by atoms with Crippen molar-refractivity contribution < 1.29 is 9.59 Å². The Morgan fingerprint density at radius 2 is 2.00 bits per heavy atom. The number of rotatable bonds is 3. The Bertz CT molecular complexity index is 853. The highest BCUT2D eigenvalue weighted by Gasteiger charge is 2.35. The molecule has 2 aromatic rings. The second-order valence-electron chi connectivity index (χ2n) is 6.31. The van der Waals surface area contributed by atoms with Crippen molar-refractivity contribution in [3.63, 3.8) is 0 Å². The fourth-order valence-electron chi connectivity index (χ4n) is 3.04. The van der Waals surface area contributed by atoms with Crippen molar-refractivity contribution in [1.82, 2.24) is 0 Å². The molecule has 1 heterocycles. The minimum absolute atomic E-state index is 0.0269. The molecule has 25 heavy (non-hydrogen) atoms. The fraction of sp³-hybridized carbons (Fsp3) is 0.263. The summed E-state index contributed by atoms with van der Waals surface area (Å²) in [5.74, 6) is -0.574. The predicted molar refractivity (Wildman–Crippen MR) is 104 cm³/mol. The molecule has 1 aliphatic heterocycles. The van der Waals surface area contributed by atoms with Gasteiger partial charge in [-0.3, -0.25) is 9.59 Å². The largest absolute Gasteiger partial charge is 0.326 e. The average Bonchev–Trinajstić information content (AvgIpc) is 2.93. The minimum Gasteiger partial charge on any atom is -0.326 e. The lowest BCUT2D eigenvalue weighted by Crippen LogP contribution is -2.28. The molecule has 1 fully saturated rings. The highest BCUT2D eigenvalue weighted by Crippen LogP contribution is 2.30. The van der Waals surface area contributed by atoms with Crippen molar-refractivity contribution >= 4 is 50.7 Å². The number of anilines is 2. The van der Waals surface area contributed by atoms with Gasteiger partial charge in [-0.15, -0.1) is 0 Å². The first-order valence-corrected chi connectivity index (χ1v) is 9.16. The van der Waals surface area contributed by atoms with Crippen LogP contribution in [0.3, 0.4) is 0 Å². The summed E-state index contributed by atoms with van der Waals surface area (Å²) in [5.41, 5.74) is 3.68. The Morgan fingerprint density at radius 3 is 2.68 bits per heavy atom. The van der Waals surface area contributed by atoms with Crippen molar-refractivity contribution in [1.29, 1.82) is 0 Å². The standard InChI is InChI=1S/C19H18BrClN2O2/c1-11-3-6-17(12(2)7-11)23-10-13(8-18(23)24)19(25)22-14-4-5-15(20)16(21)9-14/h3-7,9,13H,8,10H2,1-2H3,(H,22,25)/t13-/m0/s1. The second kappa shape index (κ2) is 7.18. The van der Waals surface area contributed by atoms with Crippen LogP contribution in [0.5, 0.6) is 0 Å². The van der Waals surface area contributed by atoms with Crippen LogP contribution in [0.15, 0.2) is 40.9 Å². The van der Waals surface area contributed by atoms with Crippen LogP contribution in [0.4, 0.5) is 11.4 Å². The van der Waals surface area contributed by atoms with Crippen molar-refractivity contribution in [2.24, 2.45) is 5.92 Å². The number of halogens is 2. The predicted octanol–water partition coefficient (Wildman–Crippen LogP) is 4.71. The summed E-state index contributed by atoms with van der Waals surface area (Å²) in [7, 11) is 0. The van der Waals surface area contributed by atoms with Crippen LogP contribution < -0.4 is 10.2 Å². The van der Waals surface area contributed by atoms with E-state index < -0.39 is 0 Å². The number of amides is 2. The molecule has 0 unspecified atom stereocenters. The molecule has 0 bridgehead atoms. The van der Waals surface area contributed by atoms with E-state index in [1.165, 1.54) is 0 Å². The zero-order chi connectivity index (χ0) is 18.1. The van der Waals surface area contributed by atoms with Gasteiger partial charge in [0.05, 0.1) is 10.9 Å². The van der Waals surface area contributed by atoms with Crippen molar-refractivity contribution in [2.75, 3.05) is 16.8 Å². The molecule has 130 valence electrons. The van der Waals surface area contributed by atoms with Gasteiger partial charge in [0.25, 0.3) is 0 Å². The molecule has 1 saturated heterocycles. The van der Waals surface area contributed by atoms with Crippen LogP contribution in [0, 0.1) is 19.8 Å². The molecule has 0 spiro atoms. The normalized spacial score (nSPS) is 17.0. The third-order valence-electron chi connectivity index (χ3n) is 4.33. The van der Waals surface area contributed by atoms with Crippen LogP contribution in [-0.2, 0) is 9.59 Å². The van der Waals surface area contributed by atoms with Crippen LogP contribution >= 0.6 is 27.5 Å². The number of nitrogens with zero attached hydrogens (tertiary/aromatic N) is 1. The quantitative estimate of drug-likeness (QED) is 0.780. The second-order valence-corrected chi connectivity index (χ2v) is 7.58. The monoisotopic (exact) mass is 420 g/mol. The summed E-state index contributed by atoms with van der Waals surface area (Å²) in [5, 5.41) is 3.37. The Balaban J connectivity index is 1.73. The third-order valence-corrected chi connectivity index (χ3v) is 5.56. The maximum atomic E-state index is 12.5. The van der Waals surface area contributed by atoms with Crippen LogP contribution in [0.1, 0.15) is 17.5 Å². The first-order valence-electron chi connectivity index (χ1n) is 7.98. The van der Waals surface area contributed by atoms with E-state index in [1.807, 2.05) is 32.0 Å². The van der Waals surface area contributed by atoms with Gasteiger partial charge in [0.1, 0.15) is 0 Å². The maximum absolute atomic E-state index is 12.5. The van der Waals surface area contributed by atoms with E-state index >= 15 is 0 Å². The molecular weight excluding hydrogens is 404 g/mol. The van der Waals surface area contributed by atoms with E-state index in [9.17, 15) is 9.59 Å². The first kappa shape index (κ1) is 18.0. The number of carbonyl (C=O) groups excluding carboxylic acids is 2. The van der Waals surface area contributed by atoms with Crippen molar-refractivity contribution in [2.45, 2.75) is 20.3 Å². The number of carbonyl (C=O) groups is 2. The van der Waals surface area contributed by atoms with E-state index in [1.54, 1.807) is 23.1 Å². The minimum atomic E-state index is -0.379. The lowest BCUT2D eigenvalue weighted by atomic mass is 10.1. The highest BCUT2D eigenvalue weighted by molar-refractivity contribution is 9.10. The lowest BCUT2D eigenvalue weighted by Gasteiger charge is -2.19. The Hall–Kier alpha value is -1.85. The molecule has 1 N–H and O–H groups in total. The Labute approximate surface area is 160 Å². The van der Waals surface area contributed by atoms with Crippen molar-refractivity contribution in [3.05, 3.63) is 57.0 Å². The van der Waals surface area contributed by atoms with Gasteiger partial charge in [0, 0.05) is 28.8 Å². The van der Waals surface area contributed by atoms with E-state index in [0.29, 0.717) is 17.3 Å². The molecule has 2 aromatic carbocycles. The van der Waals surface area contributed by atoms with Crippen molar-refractivity contribution in [3.8, 4) is 0 Å². The first-order chi connectivity index (χ1) is 11.8. The highest BCUT2D eigenvalue weighted by atomic mass is 79.9. The Kier molecular flexibility index (Phi) is 5.16. The van der Waals surface area contributed by atoms with E-state index in [-0.39, 0.29) is 24.2 Å². The SMILES string of the molecule is Cc1ccc(N2C[C@@H](C(=O)Nc3ccc(Br)c(Cl)c3)CC2=O)c(C)c1. The summed E-state index contributed by atoms with van der Waals surface area (Å²) < 4.78 is 0.768. The van der Waals surface area contributed by atoms with Gasteiger partial charge >= 0.3 is 0 Å². The summed E-state index contributed by atoms with van der Waals surface area (Å²) in [6.07, 6.45) is 0.212. The molecule has 0 saturated carbocycles. The molecule has 1 atom stereocenters. The average molecular weight is 422 g/mol. The zero-order valence-electron chi connectivity index (χ0n) is 14.0. The Morgan fingerprint density at radius 1 is 1.24 bits per heavy atom. The molecule has 0 radical (unpaired) electrons. The number of benzene rings is 2. The third kappa shape index (κ3) is 3.88. The van der Waals surface area contributed by atoms with Gasteiger partial charge in [-0.2, -0.15) is 0 Å². The number of aryl methyl sites for hydroxylation is 2. The van der Waals surface area contributed by atoms with Crippen LogP contribution in [0.2, 0.25) is 5.02 Å². The van der Waals surface area contributed by atoms with E-state index in [4.69, 9.17) is 11.6 Å². The van der Waals surface area contributed by atoms with Gasteiger partial charge < -0.3 is 10.2 Å². The summed E-state index contributed by atoms with van der Waals surface area (Å²) in [6.45, 7) is 4.38. The molecule has 2 amide bonds. The molecule has 6 heteroatoms. The van der Waals surface area contributed by atoms with Gasteiger partial charge in [-0.1, -0.05) is 29.3 Å². The van der Waals surface area contributed by atoms with E-state index in [0.717, 1.165) is 21.3 Å². The van der Waals surface area contributed by atoms with Crippen LogP contribution in [-0.4, -0.2) is 18.4 Å². The van der Waals surface area contributed by atoms with Gasteiger partial charge in [-0.25, -0.2) is 0 Å². The molecule has 3 rings (SSSR count). The molecular formula is C19H18BrClN2O2. The smallest absolute Gasteiger partial charge is 0.229 e. The van der Waals surface area contributed by atoms with E-state index in [2.05, 4.69) is 21.2 Å². The molecule has 4 nitrogen and oxygen atoms in total.